The molecule has 0 spiro atoms. The van der Waals surface area contributed by atoms with Crippen molar-refractivity contribution in [2.24, 2.45) is 0 Å². The highest BCUT2D eigenvalue weighted by atomic mass is 35.5. The maximum absolute atomic E-state index is 8.79. The summed E-state index contributed by atoms with van der Waals surface area (Å²) in [4.78, 5) is 0. The lowest BCUT2D eigenvalue weighted by Gasteiger charge is -2.08. The summed E-state index contributed by atoms with van der Waals surface area (Å²) in [6, 6.07) is 6.67. The Balaban J connectivity index is 0.000000235. The summed E-state index contributed by atoms with van der Waals surface area (Å²) in [7, 11) is 0. The van der Waals surface area contributed by atoms with E-state index in [9.17, 15) is 0 Å². The van der Waals surface area contributed by atoms with Crippen molar-refractivity contribution < 1.29 is 9.40 Å². The zero-order valence-electron chi connectivity index (χ0n) is 9.81. The van der Waals surface area contributed by atoms with E-state index in [2.05, 4.69) is 4.29 Å². The minimum absolute atomic E-state index is 0.00981. The van der Waals surface area contributed by atoms with E-state index < -0.39 is 0 Å². The van der Waals surface area contributed by atoms with Gasteiger partial charge in [-0.15, -0.1) is 0 Å². The van der Waals surface area contributed by atoms with E-state index >= 15 is 0 Å². The number of hydrogen-bond acceptors (Lipinski definition) is 2. The molecule has 21 heavy (non-hydrogen) atoms. The predicted molar refractivity (Wildman–Crippen MR) is 91.1 cm³/mol. The fraction of sp³-hybridized carbons (Fsp3) is 0. The molecule has 0 atom stereocenters. The van der Waals surface area contributed by atoms with E-state index in [4.69, 9.17) is 86.6 Å². The third-order valence-corrected chi connectivity index (χ3v) is 4.82. The van der Waals surface area contributed by atoms with Crippen molar-refractivity contribution in [1.29, 1.82) is 0 Å². The lowest BCUT2D eigenvalue weighted by molar-refractivity contribution is 0.475. The molecule has 0 bridgehead atoms. The van der Waals surface area contributed by atoms with Crippen LogP contribution >= 0.6 is 81.5 Å². The van der Waals surface area contributed by atoms with Crippen LogP contribution in [0.25, 0.3) is 0 Å². The van der Waals surface area contributed by atoms with E-state index in [-0.39, 0.29) is 36.6 Å². The van der Waals surface area contributed by atoms with Crippen LogP contribution in [0, 0.1) is 0 Å². The number of hydrogen-bond donors (Lipinski definition) is 1. The zero-order valence-corrected chi connectivity index (χ0v) is 15.1. The molecular formula is C12H5Cl7O2. The second kappa shape index (κ2) is 8.64. The Hall–Kier alpha value is 0.0700. The third kappa shape index (κ3) is 4.77. The van der Waals surface area contributed by atoms with E-state index in [1.807, 2.05) is 0 Å². The molecule has 0 unspecified atom stereocenters. The Morgan fingerprint density at radius 1 is 0.714 bits per heavy atom. The van der Waals surface area contributed by atoms with Crippen molar-refractivity contribution in [3.8, 4) is 11.5 Å². The first-order valence-electron chi connectivity index (χ1n) is 5.04. The van der Waals surface area contributed by atoms with E-state index in [1.54, 1.807) is 24.3 Å². The maximum atomic E-state index is 8.79. The third-order valence-electron chi connectivity index (χ3n) is 2.10. The van der Waals surface area contributed by atoms with Gasteiger partial charge in [-0.05, 0) is 12.1 Å². The second-order valence-corrected chi connectivity index (χ2v) is 5.88. The van der Waals surface area contributed by atoms with Gasteiger partial charge < -0.3 is 9.40 Å². The topological polar surface area (TPSA) is 29.5 Å². The molecule has 0 aliphatic carbocycles. The molecule has 0 amide bonds. The average molecular weight is 429 g/mol. The lowest BCUT2D eigenvalue weighted by atomic mass is 10.3. The summed E-state index contributed by atoms with van der Waals surface area (Å²) >= 11 is 39.0. The summed E-state index contributed by atoms with van der Waals surface area (Å²) in [5.41, 5.74) is 0. The summed E-state index contributed by atoms with van der Waals surface area (Å²) < 4.78 is 4.37. The van der Waals surface area contributed by atoms with Crippen LogP contribution in [0.1, 0.15) is 0 Å². The van der Waals surface area contributed by atoms with Crippen molar-refractivity contribution in [1.82, 2.24) is 0 Å². The van der Waals surface area contributed by atoms with Gasteiger partial charge in [-0.25, -0.2) is 0 Å². The fourth-order valence-electron chi connectivity index (χ4n) is 1.10. The van der Waals surface area contributed by atoms with Gasteiger partial charge in [0.2, 0.25) is 0 Å². The highest BCUT2D eigenvalue weighted by Gasteiger charge is 2.20. The van der Waals surface area contributed by atoms with Crippen molar-refractivity contribution >= 4 is 81.5 Å². The number of phenols is 1. The Bertz CT molecular complexity index is 596. The van der Waals surface area contributed by atoms with Gasteiger partial charge in [0.05, 0.1) is 20.1 Å². The van der Waals surface area contributed by atoms with Crippen LogP contribution < -0.4 is 4.29 Å². The highest BCUT2D eigenvalue weighted by Crippen LogP contribution is 2.48. The minimum atomic E-state index is -0.00981. The Morgan fingerprint density at radius 3 is 1.48 bits per heavy atom. The molecule has 0 aliphatic heterocycles. The van der Waals surface area contributed by atoms with Gasteiger partial charge in [0, 0.05) is 0 Å². The maximum Gasteiger partial charge on any atom is 0.186 e. The number of halogens is 7. The first-order valence-corrected chi connectivity index (χ1v) is 7.62. The smallest absolute Gasteiger partial charge is 0.186 e. The first-order chi connectivity index (χ1) is 9.81. The van der Waals surface area contributed by atoms with Crippen LogP contribution in [0.15, 0.2) is 24.3 Å². The molecule has 0 aromatic heterocycles. The Labute approximate surface area is 156 Å². The van der Waals surface area contributed by atoms with Crippen LogP contribution in [0.4, 0.5) is 0 Å². The lowest BCUT2D eigenvalue weighted by Crippen LogP contribution is -1.84. The monoisotopic (exact) mass is 426 g/mol. The second-order valence-electron chi connectivity index (χ2n) is 3.43. The average Bonchev–Trinajstić information content (AvgIpc) is 2.47. The standard InChI is InChI=1S/C6Cl6O.C6H5ClO/c7-1-2(8)4(10)6(13-12)5(11)3(1)9;7-5-3-1-2-4-6(5)8/h;1-4,8H. The summed E-state index contributed by atoms with van der Waals surface area (Å²) in [6.07, 6.45) is 0. The summed E-state index contributed by atoms with van der Waals surface area (Å²) in [5.74, 6) is 0.124. The molecule has 9 heteroatoms. The molecule has 0 fully saturated rings. The van der Waals surface area contributed by atoms with Crippen molar-refractivity contribution in [2.75, 3.05) is 0 Å². The normalized spacial score (nSPS) is 9.86. The molecule has 1 N–H and O–H groups in total. The molecule has 2 nitrogen and oxygen atoms in total. The van der Waals surface area contributed by atoms with Gasteiger partial charge in [-0.2, -0.15) is 0 Å². The molecule has 0 saturated carbocycles. The number of aromatic hydroxyl groups is 1. The quantitative estimate of drug-likeness (QED) is 0.375. The molecule has 2 rings (SSSR count). The van der Waals surface area contributed by atoms with Crippen molar-refractivity contribution in [3.63, 3.8) is 0 Å². The van der Waals surface area contributed by atoms with E-state index in [0.717, 1.165) is 0 Å². The van der Waals surface area contributed by atoms with Crippen LogP contribution in [-0.4, -0.2) is 5.11 Å². The van der Waals surface area contributed by atoms with Gasteiger partial charge in [-0.1, -0.05) is 81.7 Å². The number of benzene rings is 2. The molecule has 0 saturated heterocycles. The van der Waals surface area contributed by atoms with E-state index in [0.29, 0.717) is 5.02 Å². The van der Waals surface area contributed by atoms with Gasteiger partial charge in [-0.3, -0.25) is 0 Å². The zero-order chi connectivity index (χ0) is 16.2. The van der Waals surface area contributed by atoms with Crippen LogP contribution in [0.3, 0.4) is 0 Å². The largest absolute Gasteiger partial charge is 0.506 e. The first kappa shape index (κ1) is 19.1. The number of phenolic OH excluding ortho intramolecular Hbond substituents is 1. The number of rotatable bonds is 1. The van der Waals surface area contributed by atoms with Gasteiger partial charge >= 0.3 is 0 Å². The SMILES string of the molecule is ClOc1c(Cl)c(Cl)c(Cl)c(Cl)c1Cl.Oc1ccccc1Cl. The number of para-hydroxylation sites is 1. The molecule has 2 aromatic rings. The Kier molecular flexibility index (Phi) is 7.86. The van der Waals surface area contributed by atoms with Gasteiger partial charge in [0.15, 0.2) is 5.75 Å². The minimum Gasteiger partial charge on any atom is -0.506 e. The molecule has 0 aliphatic rings. The molecule has 0 heterocycles. The molecule has 2 aromatic carbocycles. The molecule has 0 radical (unpaired) electrons. The van der Waals surface area contributed by atoms with Crippen LogP contribution in [0.2, 0.25) is 30.1 Å². The summed E-state index contributed by atoms with van der Waals surface area (Å²) in [5, 5.41) is 9.40. The van der Waals surface area contributed by atoms with Crippen LogP contribution in [-0.2, 0) is 0 Å². The van der Waals surface area contributed by atoms with Crippen molar-refractivity contribution in [2.45, 2.75) is 0 Å². The fourth-order valence-corrected chi connectivity index (χ4v) is 2.67. The molecular weight excluding hydrogens is 424 g/mol. The molecule has 114 valence electrons. The predicted octanol–water partition coefficient (Wildman–Crippen LogP) is 7.53. The van der Waals surface area contributed by atoms with Gasteiger partial charge in [0.1, 0.15) is 27.7 Å². The summed E-state index contributed by atoms with van der Waals surface area (Å²) in [6.45, 7) is 0. The Morgan fingerprint density at radius 2 is 1.14 bits per heavy atom. The van der Waals surface area contributed by atoms with E-state index in [1.165, 1.54) is 0 Å². The van der Waals surface area contributed by atoms with Gasteiger partial charge in [0.25, 0.3) is 0 Å². The van der Waals surface area contributed by atoms with Crippen LogP contribution in [0.5, 0.6) is 11.5 Å². The van der Waals surface area contributed by atoms with Crippen molar-refractivity contribution in [3.05, 3.63) is 54.4 Å². The highest BCUT2D eigenvalue weighted by molar-refractivity contribution is 6.55.